The number of aromatic hydroxyl groups is 1. The van der Waals surface area contributed by atoms with Gasteiger partial charge in [0.05, 0.1) is 17.3 Å². The zero-order chi connectivity index (χ0) is 24.2. The summed E-state index contributed by atoms with van der Waals surface area (Å²) in [5, 5.41) is 19.3. The Balaban J connectivity index is 1.49. The number of hydrogen-bond acceptors (Lipinski definition) is 7. The van der Waals surface area contributed by atoms with Gasteiger partial charge in [0.15, 0.2) is 5.75 Å². The van der Waals surface area contributed by atoms with E-state index in [0.717, 1.165) is 11.3 Å². The van der Waals surface area contributed by atoms with Crippen molar-refractivity contribution in [3.05, 3.63) is 91.9 Å². The first-order valence-corrected chi connectivity index (χ1v) is 11.0. The summed E-state index contributed by atoms with van der Waals surface area (Å²) in [6.07, 6.45) is 4.91. The molecule has 0 aliphatic rings. The lowest BCUT2D eigenvalue weighted by Gasteiger charge is -2.20. The number of aromatic amines is 1. The van der Waals surface area contributed by atoms with Crippen LogP contribution in [0.5, 0.6) is 5.75 Å². The van der Waals surface area contributed by atoms with Crippen molar-refractivity contribution in [1.82, 2.24) is 10.3 Å². The van der Waals surface area contributed by atoms with Gasteiger partial charge in [0.1, 0.15) is 22.9 Å². The van der Waals surface area contributed by atoms with E-state index in [1.165, 1.54) is 12.1 Å². The molecule has 0 unspecified atom stereocenters. The quantitative estimate of drug-likeness (QED) is 0.180. The minimum atomic E-state index is -0.700. The number of phenolic OH excluding ortho intramolecular Hbond substituents is 1. The van der Waals surface area contributed by atoms with Gasteiger partial charge >= 0.3 is 0 Å². The topological polar surface area (TPSA) is 136 Å². The number of para-hydroxylation sites is 1. The van der Waals surface area contributed by atoms with Crippen molar-refractivity contribution in [2.75, 3.05) is 17.2 Å². The number of furan rings is 1. The number of nitrogens with one attached hydrogen (secondary N) is 4. The Bertz CT molecular complexity index is 1360. The van der Waals surface area contributed by atoms with E-state index in [1.807, 2.05) is 38.2 Å². The van der Waals surface area contributed by atoms with Gasteiger partial charge in [-0.05, 0) is 55.7 Å². The lowest BCUT2D eigenvalue weighted by Crippen LogP contribution is -2.37. The molecule has 9 nitrogen and oxygen atoms in total. The molecule has 0 aliphatic carbocycles. The van der Waals surface area contributed by atoms with E-state index >= 15 is 0 Å². The first kappa shape index (κ1) is 22.9. The molecule has 0 saturated carbocycles. The van der Waals surface area contributed by atoms with Gasteiger partial charge in [0, 0.05) is 18.9 Å². The number of phenols is 1. The van der Waals surface area contributed by atoms with Gasteiger partial charge in [0.2, 0.25) is 0 Å². The van der Waals surface area contributed by atoms with Gasteiger partial charge in [-0.2, -0.15) is 0 Å². The van der Waals surface area contributed by atoms with Crippen LogP contribution in [0.3, 0.4) is 0 Å². The number of aromatic nitrogens is 1. The molecule has 2 heterocycles. The third kappa shape index (κ3) is 4.59. The molecule has 176 valence electrons. The van der Waals surface area contributed by atoms with Crippen molar-refractivity contribution in [2.45, 2.75) is 32.7 Å². The van der Waals surface area contributed by atoms with E-state index < -0.39 is 16.8 Å². The van der Waals surface area contributed by atoms with Crippen molar-refractivity contribution in [3.63, 3.8) is 0 Å². The van der Waals surface area contributed by atoms with Crippen LogP contribution in [0.4, 0.5) is 17.1 Å². The Hall–Kier alpha value is -4.27. The molecule has 0 bridgehead atoms. The highest BCUT2D eigenvalue weighted by Crippen LogP contribution is 2.33. The summed E-state index contributed by atoms with van der Waals surface area (Å²) in [6.45, 7) is 4.15. The van der Waals surface area contributed by atoms with Crippen LogP contribution in [0.25, 0.3) is 0 Å². The summed E-state index contributed by atoms with van der Waals surface area (Å²) in [5.74, 6) is 0.639. The lowest BCUT2D eigenvalue weighted by atomic mass is 10.1. The van der Waals surface area contributed by atoms with Gasteiger partial charge in [-0.15, -0.1) is 0 Å². The summed E-state index contributed by atoms with van der Waals surface area (Å²) >= 11 is 0. The Morgan fingerprint density at radius 2 is 1.91 bits per heavy atom. The number of benzene rings is 1. The first-order chi connectivity index (χ1) is 16.4. The van der Waals surface area contributed by atoms with Crippen LogP contribution in [0.1, 0.15) is 46.8 Å². The molecule has 0 aliphatic heterocycles. The second-order valence-corrected chi connectivity index (χ2v) is 8.01. The van der Waals surface area contributed by atoms with Crippen molar-refractivity contribution >= 4 is 23.0 Å². The van der Waals surface area contributed by atoms with E-state index in [1.54, 1.807) is 12.3 Å². The highest BCUT2D eigenvalue weighted by atomic mass is 16.3. The molecule has 4 aromatic rings. The minimum absolute atomic E-state index is 0.0343. The fourth-order valence-corrected chi connectivity index (χ4v) is 3.73. The Labute approximate surface area is 195 Å². The van der Waals surface area contributed by atoms with E-state index in [4.69, 9.17) is 4.42 Å². The largest absolute Gasteiger partial charge is 0.505 e. The molecule has 2 aromatic carbocycles. The van der Waals surface area contributed by atoms with Gasteiger partial charge < -0.3 is 30.5 Å². The van der Waals surface area contributed by atoms with Crippen molar-refractivity contribution in [2.24, 2.45) is 0 Å². The van der Waals surface area contributed by atoms with E-state index in [0.29, 0.717) is 25.1 Å². The van der Waals surface area contributed by atoms with Crippen LogP contribution in [0.15, 0.2) is 62.8 Å². The monoisotopic (exact) mass is 462 g/mol. The highest BCUT2D eigenvalue weighted by molar-refractivity contribution is 5.99. The van der Waals surface area contributed by atoms with Crippen LogP contribution >= 0.6 is 0 Å². The molecule has 0 saturated heterocycles. The normalized spacial score (nSPS) is 11.9. The van der Waals surface area contributed by atoms with Gasteiger partial charge in [-0.1, -0.05) is 13.0 Å². The number of H-pyrrole nitrogens is 1. The summed E-state index contributed by atoms with van der Waals surface area (Å²) < 4.78 is 5.65. The molecule has 9 heteroatoms. The maximum atomic E-state index is 12.6. The summed E-state index contributed by atoms with van der Waals surface area (Å²) in [5.41, 5.74) is 0.0603. The summed E-state index contributed by atoms with van der Waals surface area (Å²) in [4.78, 5) is 40.1. The maximum Gasteiger partial charge on any atom is 0.255 e. The third-order valence-corrected chi connectivity index (χ3v) is 5.64. The minimum Gasteiger partial charge on any atom is -0.505 e. The number of rotatable bonds is 10. The number of anilines is 3. The zero-order valence-corrected chi connectivity index (χ0v) is 18.9. The van der Waals surface area contributed by atoms with Gasteiger partial charge in [-0.3, -0.25) is 14.4 Å². The maximum absolute atomic E-state index is 12.6. The fraction of sp³-hybridized carbons (Fsp3) is 0.240. The molecule has 1 amide bonds. The molecular formula is C25H26N4O5. The van der Waals surface area contributed by atoms with Gasteiger partial charge in [-0.25, -0.2) is 0 Å². The molecular weight excluding hydrogens is 436 g/mol. The highest BCUT2D eigenvalue weighted by Gasteiger charge is 2.26. The average molecular weight is 463 g/mol. The molecule has 34 heavy (non-hydrogen) atoms. The SMILES string of the molecule is CC[C@@H](Nc1c(Nc2cccc(C(=O)NCCc3cc[nH]c3)c2O)c(=O)c1=O)c1ccc(C)o1. The summed E-state index contributed by atoms with van der Waals surface area (Å²) in [6, 6.07) is 9.86. The third-order valence-electron chi connectivity index (χ3n) is 5.64. The molecule has 2 aromatic heterocycles. The fourth-order valence-electron chi connectivity index (χ4n) is 3.73. The van der Waals surface area contributed by atoms with E-state index in [-0.39, 0.29) is 34.4 Å². The Morgan fingerprint density at radius 3 is 2.59 bits per heavy atom. The molecule has 5 N–H and O–H groups in total. The van der Waals surface area contributed by atoms with Crippen molar-refractivity contribution < 1.29 is 14.3 Å². The van der Waals surface area contributed by atoms with Crippen LogP contribution in [-0.4, -0.2) is 22.5 Å². The number of carbonyl (C=O) groups is 1. The zero-order valence-electron chi connectivity index (χ0n) is 18.9. The molecule has 0 radical (unpaired) electrons. The number of hydrogen-bond donors (Lipinski definition) is 5. The van der Waals surface area contributed by atoms with E-state index in [9.17, 15) is 19.5 Å². The standard InChI is InChI=1S/C25H26N4O5/c1-3-17(19-8-7-14(2)34-19)28-20-21(24(32)23(20)31)29-18-6-4-5-16(22(18)30)25(33)27-12-10-15-9-11-26-13-15/h4-9,11,13,17,26,28-30H,3,10,12H2,1-2H3,(H,27,33)/t17-/m1/s1. The lowest BCUT2D eigenvalue weighted by molar-refractivity contribution is 0.0951. The second kappa shape index (κ2) is 9.70. The van der Waals surface area contributed by atoms with Crippen molar-refractivity contribution in [1.29, 1.82) is 0 Å². The number of carbonyl (C=O) groups excluding carboxylic acids is 1. The average Bonchev–Trinajstić information content (AvgIpc) is 3.51. The molecule has 1 atom stereocenters. The molecule has 0 spiro atoms. The molecule has 0 fully saturated rings. The van der Waals surface area contributed by atoms with Gasteiger partial charge in [0.25, 0.3) is 16.8 Å². The number of amides is 1. The first-order valence-electron chi connectivity index (χ1n) is 11.0. The van der Waals surface area contributed by atoms with Crippen molar-refractivity contribution in [3.8, 4) is 5.75 Å². The van der Waals surface area contributed by atoms with Crippen LogP contribution in [0.2, 0.25) is 0 Å². The number of aryl methyl sites for hydroxylation is 1. The predicted octanol–water partition coefficient (Wildman–Crippen LogP) is 3.50. The Kier molecular flexibility index (Phi) is 6.53. The smallest absolute Gasteiger partial charge is 0.255 e. The Morgan fingerprint density at radius 1 is 1.12 bits per heavy atom. The van der Waals surface area contributed by atoms with Crippen LogP contribution in [0, 0.1) is 6.92 Å². The predicted molar refractivity (Wildman–Crippen MR) is 130 cm³/mol. The van der Waals surface area contributed by atoms with Crippen LogP contribution < -0.4 is 26.8 Å². The van der Waals surface area contributed by atoms with E-state index in [2.05, 4.69) is 20.9 Å². The van der Waals surface area contributed by atoms with Crippen LogP contribution in [-0.2, 0) is 6.42 Å². The summed E-state index contributed by atoms with van der Waals surface area (Å²) in [7, 11) is 0. The second-order valence-electron chi connectivity index (χ2n) is 8.01. The molecule has 4 rings (SSSR count).